The minimum absolute atomic E-state index is 0.0474. The molecule has 178 valence electrons. The van der Waals surface area contributed by atoms with Crippen molar-refractivity contribution in [2.75, 3.05) is 13.2 Å². The molecule has 0 saturated carbocycles. The van der Waals surface area contributed by atoms with Gasteiger partial charge in [-0.15, -0.1) is 0 Å². The molecule has 35 heavy (non-hydrogen) atoms. The second-order valence-electron chi connectivity index (χ2n) is 8.54. The Morgan fingerprint density at radius 3 is 2.20 bits per heavy atom. The molecule has 0 spiro atoms. The highest BCUT2D eigenvalue weighted by Crippen LogP contribution is 2.44. The van der Waals surface area contributed by atoms with Gasteiger partial charge in [0.2, 0.25) is 0 Å². The van der Waals surface area contributed by atoms with Gasteiger partial charge in [-0.1, -0.05) is 54.6 Å². The minimum atomic E-state index is -1.31. The number of aliphatic hydroxyl groups is 2. The summed E-state index contributed by atoms with van der Waals surface area (Å²) in [7, 11) is 0. The van der Waals surface area contributed by atoms with Crippen LogP contribution in [-0.4, -0.2) is 47.5 Å². The Balaban J connectivity index is 1.13. The van der Waals surface area contributed by atoms with Gasteiger partial charge in [-0.2, -0.15) is 0 Å². The van der Waals surface area contributed by atoms with Crippen molar-refractivity contribution in [3.05, 3.63) is 94.5 Å². The number of aliphatic hydroxyl groups excluding tert-OH is 2. The number of carbonyl (C=O) groups is 3. The van der Waals surface area contributed by atoms with Gasteiger partial charge in [0.25, 0.3) is 0 Å². The average Bonchev–Trinajstić information content (AvgIpc) is 3.35. The van der Waals surface area contributed by atoms with Gasteiger partial charge in [-0.3, -0.25) is 0 Å². The summed E-state index contributed by atoms with van der Waals surface area (Å²) in [4.78, 5) is 35.5. The summed E-state index contributed by atoms with van der Waals surface area (Å²) in [5.74, 6) is -1.58. The van der Waals surface area contributed by atoms with E-state index in [2.05, 4.69) is 22.2 Å². The van der Waals surface area contributed by atoms with E-state index in [0.29, 0.717) is 0 Å². The van der Waals surface area contributed by atoms with Crippen LogP contribution in [0.25, 0.3) is 11.1 Å². The molecule has 0 radical (unpaired) electrons. The van der Waals surface area contributed by atoms with Crippen molar-refractivity contribution < 1.29 is 34.1 Å². The molecule has 0 fully saturated rings. The van der Waals surface area contributed by atoms with Crippen LogP contribution in [0.1, 0.15) is 55.8 Å². The van der Waals surface area contributed by atoms with E-state index in [4.69, 9.17) is 4.74 Å². The molecule has 3 N–H and O–H groups in total. The highest BCUT2D eigenvalue weighted by molar-refractivity contribution is 6.14. The molecule has 1 aliphatic heterocycles. The summed E-state index contributed by atoms with van der Waals surface area (Å²) in [5, 5.41) is 23.4. The Kier molecular flexibility index (Phi) is 6.07. The monoisotopic (exact) mass is 473 g/mol. The van der Waals surface area contributed by atoms with Gasteiger partial charge in [0.15, 0.2) is 0 Å². The van der Waals surface area contributed by atoms with Crippen LogP contribution in [0.2, 0.25) is 0 Å². The van der Waals surface area contributed by atoms with E-state index in [1.807, 2.05) is 36.4 Å². The van der Waals surface area contributed by atoms with Crippen LogP contribution in [0.3, 0.4) is 0 Å². The fraction of sp³-hybridized carbons (Fsp3) is 0.222. The zero-order valence-corrected chi connectivity index (χ0v) is 18.6. The first-order valence-corrected chi connectivity index (χ1v) is 11.3. The van der Waals surface area contributed by atoms with Crippen molar-refractivity contribution in [3.8, 4) is 11.1 Å². The summed E-state index contributed by atoms with van der Waals surface area (Å²) >= 11 is 0. The number of nitrogens with one attached hydrogen (secondary N) is 1. The molecule has 5 rings (SSSR count). The van der Waals surface area contributed by atoms with E-state index in [1.54, 1.807) is 0 Å². The van der Waals surface area contributed by atoms with Crippen molar-refractivity contribution in [1.82, 2.24) is 5.32 Å². The van der Waals surface area contributed by atoms with Crippen LogP contribution in [-0.2, 0) is 9.47 Å². The summed E-state index contributed by atoms with van der Waals surface area (Å²) in [6.45, 7) is 0.245. The smallest absolute Gasteiger partial charge is 0.407 e. The average molecular weight is 473 g/mol. The summed E-state index contributed by atoms with van der Waals surface area (Å²) in [6.07, 6.45) is -3.10. The quantitative estimate of drug-likeness (QED) is 0.355. The number of rotatable bonds is 7. The summed E-state index contributed by atoms with van der Waals surface area (Å²) in [5.41, 5.74) is 4.94. The Bertz CT molecular complexity index is 1270. The topological polar surface area (TPSA) is 122 Å². The molecule has 1 heterocycles. The first-order chi connectivity index (χ1) is 16.9. The highest BCUT2D eigenvalue weighted by atomic mass is 16.6. The van der Waals surface area contributed by atoms with Crippen LogP contribution in [0.4, 0.5) is 4.79 Å². The maximum Gasteiger partial charge on any atom is 0.407 e. The number of carbonyl (C=O) groups excluding carboxylic acids is 3. The number of esters is 2. The Hall–Kier alpha value is -4.01. The normalized spacial score (nSPS) is 15.6. The van der Waals surface area contributed by atoms with Crippen molar-refractivity contribution in [2.45, 2.75) is 24.5 Å². The van der Waals surface area contributed by atoms with Gasteiger partial charge in [-0.25, -0.2) is 14.4 Å². The molecule has 1 aliphatic carbocycles. The molecule has 1 amide bonds. The molecule has 3 aromatic carbocycles. The first-order valence-electron chi connectivity index (χ1n) is 11.3. The second-order valence-corrected chi connectivity index (χ2v) is 8.54. The van der Waals surface area contributed by atoms with E-state index in [-0.39, 0.29) is 42.2 Å². The van der Waals surface area contributed by atoms with E-state index >= 15 is 0 Å². The predicted octanol–water partition coefficient (Wildman–Crippen LogP) is 3.32. The highest BCUT2D eigenvalue weighted by Gasteiger charge is 2.31. The van der Waals surface area contributed by atoms with Crippen LogP contribution in [0.15, 0.2) is 66.7 Å². The van der Waals surface area contributed by atoms with E-state index in [0.717, 1.165) is 22.3 Å². The zero-order chi connectivity index (χ0) is 24.5. The number of hydrogen-bond donors (Lipinski definition) is 3. The number of hydrogen-bond acceptors (Lipinski definition) is 7. The molecule has 0 aromatic heterocycles. The van der Waals surface area contributed by atoms with Crippen molar-refractivity contribution in [3.63, 3.8) is 0 Å². The van der Waals surface area contributed by atoms with Gasteiger partial charge < -0.3 is 25.0 Å². The van der Waals surface area contributed by atoms with Crippen molar-refractivity contribution in [1.29, 1.82) is 0 Å². The van der Waals surface area contributed by atoms with Crippen molar-refractivity contribution >= 4 is 18.0 Å². The maximum atomic E-state index is 12.3. The molecular weight excluding hydrogens is 450 g/mol. The van der Waals surface area contributed by atoms with Crippen LogP contribution in [0, 0.1) is 0 Å². The molecule has 2 atom stereocenters. The van der Waals surface area contributed by atoms with Gasteiger partial charge >= 0.3 is 18.0 Å². The van der Waals surface area contributed by atoms with Crippen LogP contribution in [0.5, 0.6) is 0 Å². The Morgan fingerprint density at radius 2 is 1.51 bits per heavy atom. The maximum absolute atomic E-state index is 12.3. The number of amides is 1. The van der Waals surface area contributed by atoms with Crippen LogP contribution < -0.4 is 5.32 Å². The third-order valence-corrected chi connectivity index (χ3v) is 6.43. The van der Waals surface area contributed by atoms with Gasteiger partial charge in [-0.05, 0) is 46.4 Å². The molecule has 0 bridgehead atoms. The third-order valence-electron chi connectivity index (χ3n) is 6.43. The Labute approximate surface area is 201 Å². The zero-order valence-electron chi connectivity index (χ0n) is 18.6. The molecule has 2 unspecified atom stereocenters. The molecule has 3 aromatic rings. The van der Waals surface area contributed by atoms with E-state index < -0.39 is 30.2 Å². The lowest BCUT2D eigenvalue weighted by Crippen LogP contribution is -2.30. The van der Waals surface area contributed by atoms with Gasteiger partial charge in [0.1, 0.15) is 12.7 Å². The number of fused-ring (bicyclic) bond motifs is 4. The number of benzene rings is 3. The summed E-state index contributed by atoms with van der Waals surface area (Å²) in [6, 6.07) is 20.2. The standard InChI is InChI=1S/C27H23NO7/c29-23(24(30)15-9-10-20-21(13-15)26(32)35-25(20)31)11-12-28-27(33)34-14-22-18-7-3-1-5-16(18)17-6-2-4-8-19(17)22/h1-10,13,22-24,29-30H,11-12,14H2,(H,28,33). The Morgan fingerprint density at radius 1 is 0.886 bits per heavy atom. The molecule has 8 heteroatoms. The summed E-state index contributed by atoms with van der Waals surface area (Å²) < 4.78 is 9.99. The third kappa shape index (κ3) is 4.29. The lowest BCUT2D eigenvalue weighted by atomic mass is 9.98. The first kappa shape index (κ1) is 22.8. The lowest BCUT2D eigenvalue weighted by Gasteiger charge is -2.19. The molecule has 0 saturated heterocycles. The SMILES string of the molecule is O=C(NCCC(O)C(O)c1ccc2c(c1)C(=O)OC2=O)OCC1c2ccccc2-c2ccccc21. The predicted molar refractivity (Wildman–Crippen MR) is 125 cm³/mol. The molecule has 2 aliphatic rings. The van der Waals surface area contributed by atoms with Crippen LogP contribution >= 0.6 is 0 Å². The number of ether oxygens (including phenoxy) is 2. The van der Waals surface area contributed by atoms with E-state index in [1.165, 1.54) is 18.2 Å². The number of alkyl carbamates (subject to hydrolysis) is 1. The lowest BCUT2D eigenvalue weighted by molar-refractivity contribution is 0.0136. The minimum Gasteiger partial charge on any atom is -0.449 e. The fourth-order valence-corrected chi connectivity index (χ4v) is 4.64. The fourth-order valence-electron chi connectivity index (χ4n) is 4.64. The van der Waals surface area contributed by atoms with E-state index in [9.17, 15) is 24.6 Å². The molecular formula is C27H23NO7. The van der Waals surface area contributed by atoms with Gasteiger partial charge in [0, 0.05) is 12.5 Å². The molecule has 8 nitrogen and oxygen atoms in total. The second kappa shape index (κ2) is 9.32. The number of cyclic esters (lactones) is 2. The van der Waals surface area contributed by atoms with Crippen molar-refractivity contribution in [2.24, 2.45) is 0 Å². The largest absolute Gasteiger partial charge is 0.449 e. The van der Waals surface area contributed by atoms with Gasteiger partial charge in [0.05, 0.1) is 17.2 Å².